The number of aromatic hydroxyl groups is 2. The van der Waals surface area contributed by atoms with Gasteiger partial charge < -0.3 is 20.6 Å². The summed E-state index contributed by atoms with van der Waals surface area (Å²) in [5.74, 6) is -1.32. The van der Waals surface area contributed by atoms with Crippen LogP contribution in [-0.4, -0.2) is 33.9 Å². The Morgan fingerprint density at radius 2 is 1.95 bits per heavy atom. The van der Waals surface area contributed by atoms with E-state index >= 15 is 0 Å². The summed E-state index contributed by atoms with van der Waals surface area (Å²) in [5.41, 5.74) is -0.0416. The van der Waals surface area contributed by atoms with E-state index in [0.29, 0.717) is 6.42 Å². The number of hydrogen-bond acceptors (Lipinski definition) is 4. The van der Waals surface area contributed by atoms with Crippen molar-refractivity contribution in [2.45, 2.75) is 33.3 Å². The number of carbonyl (C=O) groups is 1. The Hall–Kier alpha value is -1.75. The summed E-state index contributed by atoms with van der Waals surface area (Å²) in [6, 6.07) is 4.16. The van der Waals surface area contributed by atoms with Crippen LogP contribution in [0.4, 0.5) is 0 Å². The summed E-state index contributed by atoms with van der Waals surface area (Å²) >= 11 is 0. The maximum Gasteiger partial charge on any atom is 0.255 e. The van der Waals surface area contributed by atoms with Gasteiger partial charge in [0.1, 0.15) is 0 Å². The first kappa shape index (κ1) is 15.3. The van der Waals surface area contributed by atoms with Crippen LogP contribution in [-0.2, 0) is 0 Å². The molecule has 19 heavy (non-hydrogen) atoms. The Morgan fingerprint density at radius 1 is 1.32 bits per heavy atom. The molecule has 0 saturated carbocycles. The third-order valence-electron chi connectivity index (χ3n) is 2.61. The van der Waals surface area contributed by atoms with Crippen molar-refractivity contribution in [2.24, 2.45) is 5.41 Å². The standard InChI is InChI=1S/C14H21NO4/c1-14(2,3)7-9(16)8-15-13(19)10-5-4-6-11(17)12(10)18/h4-6,9,16-18H,7-8H2,1-3H3,(H,15,19). The fourth-order valence-electron chi connectivity index (χ4n) is 1.80. The normalized spacial score (nSPS) is 13.1. The summed E-state index contributed by atoms with van der Waals surface area (Å²) < 4.78 is 0. The molecule has 106 valence electrons. The number of phenols is 2. The lowest BCUT2D eigenvalue weighted by atomic mass is 9.89. The monoisotopic (exact) mass is 267 g/mol. The van der Waals surface area contributed by atoms with Crippen LogP contribution in [0, 0.1) is 5.41 Å². The molecule has 1 atom stereocenters. The second-order valence-corrected chi connectivity index (χ2v) is 5.80. The summed E-state index contributed by atoms with van der Waals surface area (Å²) in [6.45, 7) is 6.10. The number of hydrogen-bond donors (Lipinski definition) is 4. The minimum atomic E-state index is -0.650. The third-order valence-corrected chi connectivity index (χ3v) is 2.61. The van der Waals surface area contributed by atoms with Gasteiger partial charge in [0.25, 0.3) is 5.91 Å². The van der Waals surface area contributed by atoms with Gasteiger partial charge in [-0.25, -0.2) is 0 Å². The van der Waals surface area contributed by atoms with E-state index in [1.54, 1.807) is 0 Å². The van der Waals surface area contributed by atoms with Gasteiger partial charge in [-0.15, -0.1) is 0 Å². The van der Waals surface area contributed by atoms with Crippen LogP contribution < -0.4 is 5.32 Å². The molecule has 0 radical (unpaired) electrons. The van der Waals surface area contributed by atoms with E-state index in [2.05, 4.69) is 5.32 Å². The maximum atomic E-state index is 11.8. The molecule has 0 aliphatic carbocycles. The second-order valence-electron chi connectivity index (χ2n) is 5.80. The minimum absolute atomic E-state index is 0.0111. The van der Waals surface area contributed by atoms with Crippen molar-refractivity contribution in [3.8, 4) is 11.5 Å². The molecule has 1 aromatic carbocycles. The van der Waals surface area contributed by atoms with Gasteiger partial charge in [0.2, 0.25) is 0 Å². The van der Waals surface area contributed by atoms with Gasteiger partial charge in [-0.3, -0.25) is 4.79 Å². The number of phenolic OH excluding ortho intramolecular Hbond substituents is 2. The second kappa shape index (κ2) is 5.93. The van der Waals surface area contributed by atoms with Crippen molar-refractivity contribution < 1.29 is 20.1 Å². The summed E-state index contributed by atoms with van der Waals surface area (Å²) in [5, 5.41) is 31.2. The Labute approximate surface area is 112 Å². The number of para-hydroxylation sites is 1. The number of aliphatic hydroxyl groups is 1. The van der Waals surface area contributed by atoms with Gasteiger partial charge in [-0.2, -0.15) is 0 Å². The zero-order valence-electron chi connectivity index (χ0n) is 11.5. The van der Waals surface area contributed by atoms with E-state index in [1.165, 1.54) is 18.2 Å². The molecule has 1 rings (SSSR count). The molecule has 0 saturated heterocycles. The Morgan fingerprint density at radius 3 is 2.53 bits per heavy atom. The fourth-order valence-corrected chi connectivity index (χ4v) is 1.80. The first-order valence-corrected chi connectivity index (χ1v) is 6.18. The highest BCUT2D eigenvalue weighted by Crippen LogP contribution is 2.28. The average molecular weight is 267 g/mol. The Kier molecular flexibility index (Phi) is 4.78. The Balaban J connectivity index is 2.59. The molecule has 1 aromatic rings. The van der Waals surface area contributed by atoms with Gasteiger partial charge in [-0.1, -0.05) is 26.8 Å². The predicted octanol–water partition coefficient (Wildman–Crippen LogP) is 1.62. The summed E-state index contributed by atoms with van der Waals surface area (Å²) in [7, 11) is 0. The number of amides is 1. The van der Waals surface area contributed by atoms with Gasteiger partial charge in [0, 0.05) is 6.54 Å². The molecule has 4 N–H and O–H groups in total. The number of benzene rings is 1. The molecule has 0 aliphatic heterocycles. The smallest absolute Gasteiger partial charge is 0.255 e. The van der Waals surface area contributed by atoms with Gasteiger partial charge in [-0.05, 0) is 24.0 Å². The van der Waals surface area contributed by atoms with E-state index in [0.717, 1.165) is 0 Å². The number of rotatable bonds is 4. The highest BCUT2D eigenvalue weighted by Gasteiger charge is 2.19. The fraction of sp³-hybridized carbons (Fsp3) is 0.500. The van der Waals surface area contributed by atoms with Gasteiger partial charge in [0.15, 0.2) is 11.5 Å². The van der Waals surface area contributed by atoms with Gasteiger partial charge in [0.05, 0.1) is 11.7 Å². The minimum Gasteiger partial charge on any atom is -0.504 e. The van der Waals surface area contributed by atoms with Crippen molar-refractivity contribution in [2.75, 3.05) is 6.54 Å². The van der Waals surface area contributed by atoms with Crippen molar-refractivity contribution >= 4 is 5.91 Å². The molecule has 5 nitrogen and oxygen atoms in total. The zero-order valence-corrected chi connectivity index (χ0v) is 11.5. The van der Waals surface area contributed by atoms with Crippen molar-refractivity contribution in [3.05, 3.63) is 23.8 Å². The molecule has 0 fully saturated rings. The van der Waals surface area contributed by atoms with E-state index in [-0.39, 0.29) is 23.3 Å². The lowest BCUT2D eigenvalue weighted by molar-refractivity contribution is 0.0865. The van der Waals surface area contributed by atoms with Crippen LogP contribution in [0.25, 0.3) is 0 Å². The van der Waals surface area contributed by atoms with E-state index in [1.807, 2.05) is 20.8 Å². The lowest BCUT2D eigenvalue weighted by Gasteiger charge is -2.22. The van der Waals surface area contributed by atoms with Crippen molar-refractivity contribution in [3.63, 3.8) is 0 Å². The quantitative estimate of drug-likeness (QED) is 0.624. The maximum absolute atomic E-state index is 11.8. The highest BCUT2D eigenvalue weighted by atomic mass is 16.3. The van der Waals surface area contributed by atoms with Crippen LogP contribution in [0.5, 0.6) is 11.5 Å². The third kappa shape index (κ3) is 4.79. The number of aliphatic hydroxyl groups excluding tert-OH is 1. The first-order chi connectivity index (χ1) is 8.70. The van der Waals surface area contributed by atoms with Crippen LogP contribution >= 0.6 is 0 Å². The van der Waals surface area contributed by atoms with Crippen LogP contribution in [0.3, 0.4) is 0 Å². The molecule has 1 unspecified atom stereocenters. The van der Waals surface area contributed by atoms with Crippen molar-refractivity contribution in [1.29, 1.82) is 0 Å². The van der Waals surface area contributed by atoms with Crippen LogP contribution in [0.15, 0.2) is 18.2 Å². The summed E-state index contributed by atoms with van der Waals surface area (Å²) in [4.78, 5) is 11.8. The average Bonchev–Trinajstić information content (AvgIpc) is 2.27. The van der Waals surface area contributed by atoms with E-state index < -0.39 is 17.8 Å². The number of carbonyl (C=O) groups excluding carboxylic acids is 1. The van der Waals surface area contributed by atoms with Gasteiger partial charge >= 0.3 is 0 Å². The molecule has 0 aromatic heterocycles. The van der Waals surface area contributed by atoms with Crippen molar-refractivity contribution in [1.82, 2.24) is 5.32 Å². The molecular weight excluding hydrogens is 246 g/mol. The number of nitrogens with one attached hydrogen (secondary N) is 1. The zero-order chi connectivity index (χ0) is 14.6. The SMILES string of the molecule is CC(C)(C)CC(O)CNC(=O)c1cccc(O)c1O. The van der Waals surface area contributed by atoms with E-state index in [4.69, 9.17) is 0 Å². The molecule has 0 aliphatic rings. The van der Waals surface area contributed by atoms with E-state index in [9.17, 15) is 20.1 Å². The van der Waals surface area contributed by atoms with Crippen LogP contribution in [0.1, 0.15) is 37.6 Å². The lowest BCUT2D eigenvalue weighted by Crippen LogP contribution is -2.34. The molecular formula is C14H21NO4. The molecule has 0 heterocycles. The summed E-state index contributed by atoms with van der Waals surface area (Å²) in [6.07, 6.45) is -0.0948. The molecule has 1 amide bonds. The topological polar surface area (TPSA) is 89.8 Å². The molecule has 5 heteroatoms. The highest BCUT2D eigenvalue weighted by molar-refractivity contribution is 5.97. The molecule has 0 spiro atoms. The molecule has 0 bridgehead atoms. The van der Waals surface area contributed by atoms with Crippen LogP contribution in [0.2, 0.25) is 0 Å². The predicted molar refractivity (Wildman–Crippen MR) is 72.2 cm³/mol. The first-order valence-electron chi connectivity index (χ1n) is 6.18. The largest absolute Gasteiger partial charge is 0.504 e. The Bertz CT molecular complexity index is 451.